The minimum Gasteiger partial charge on any atom is -0.329 e. The third-order valence-electron chi connectivity index (χ3n) is 4.94. The van der Waals surface area contributed by atoms with E-state index >= 15 is 0 Å². The lowest BCUT2D eigenvalue weighted by Gasteiger charge is -2.28. The highest BCUT2D eigenvalue weighted by Crippen LogP contribution is 2.42. The first kappa shape index (κ1) is 16.5. The van der Waals surface area contributed by atoms with E-state index in [1.54, 1.807) is 0 Å². The summed E-state index contributed by atoms with van der Waals surface area (Å²) >= 11 is 0. The third-order valence-corrected chi connectivity index (χ3v) is 4.94. The van der Waals surface area contributed by atoms with Gasteiger partial charge in [-0.1, -0.05) is 52.0 Å². The van der Waals surface area contributed by atoms with E-state index in [2.05, 4.69) is 57.3 Å². The zero-order valence-corrected chi connectivity index (χ0v) is 14.1. The Hall–Kier alpha value is -0.860. The number of nitrogens with one attached hydrogen (secondary N) is 1. The van der Waals surface area contributed by atoms with Gasteiger partial charge in [-0.15, -0.1) is 0 Å². The normalized spacial score (nSPS) is 17.0. The van der Waals surface area contributed by atoms with Crippen LogP contribution in [0.4, 0.5) is 0 Å². The summed E-state index contributed by atoms with van der Waals surface area (Å²) in [4.78, 5) is 0. The fourth-order valence-corrected chi connectivity index (χ4v) is 3.43. The molecule has 118 valence electrons. The second-order valence-corrected chi connectivity index (χ2v) is 7.25. The molecule has 3 N–H and O–H groups in total. The number of benzene rings is 1. The van der Waals surface area contributed by atoms with Gasteiger partial charge in [0.15, 0.2) is 0 Å². The van der Waals surface area contributed by atoms with Crippen molar-refractivity contribution in [3.63, 3.8) is 0 Å². The molecular weight excluding hydrogens is 256 g/mol. The standard InChI is InChI=1S/C19H32N2/c1-13(2)18(14(3)4)12-21-19(11-20)17-8-6-5-7-16(17)15-9-10-15/h5-8,13-15,18-19,21H,9-12,20H2,1-4H3. The molecule has 1 atom stereocenters. The zero-order chi connectivity index (χ0) is 15.4. The molecule has 0 aromatic heterocycles. The second kappa shape index (κ2) is 7.42. The molecule has 1 aliphatic rings. The fourth-order valence-electron chi connectivity index (χ4n) is 3.43. The third kappa shape index (κ3) is 4.31. The van der Waals surface area contributed by atoms with Crippen molar-refractivity contribution in [2.45, 2.75) is 52.5 Å². The van der Waals surface area contributed by atoms with Crippen molar-refractivity contribution in [2.24, 2.45) is 23.5 Å². The number of hydrogen-bond donors (Lipinski definition) is 2. The van der Waals surface area contributed by atoms with Gasteiger partial charge in [0.1, 0.15) is 0 Å². The SMILES string of the molecule is CC(C)C(CNC(CN)c1ccccc1C1CC1)C(C)C. The van der Waals surface area contributed by atoms with Gasteiger partial charge in [0.05, 0.1) is 0 Å². The average molecular weight is 288 g/mol. The van der Waals surface area contributed by atoms with Crippen LogP contribution in [-0.2, 0) is 0 Å². The van der Waals surface area contributed by atoms with Crippen LogP contribution in [-0.4, -0.2) is 13.1 Å². The van der Waals surface area contributed by atoms with E-state index in [-0.39, 0.29) is 0 Å². The zero-order valence-electron chi connectivity index (χ0n) is 14.1. The fraction of sp³-hybridized carbons (Fsp3) is 0.684. The van der Waals surface area contributed by atoms with Crippen LogP contribution in [0.25, 0.3) is 0 Å². The molecule has 0 saturated heterocycles. The average Bonchev–Trinajstić information content (AvgIpc) is 3.27. The van der Waals surface area contributed by atoms with Crippen LogP contribution in [0.2, 0.25) is 0 Å². The van der Waals surface area contributed by atoms with Crippen LogP contribution < -0.4 is 11.1 Å². The minimum absolute atomic E-state index is 0.293. The van der Waals surface area contributed by atoms with Gasteiger partial charge in [-0.2, -0.15) is 0 Å². The number of rotatable bonds is 8. The summed E-state index contributed by atoms with van der Waals surface area (Å²) in [6, 6.07) is 9.16. The van der Waals surface area contributed by atoms with E-state index < -0.39 is 0 Å². The Bertz CT molecular complexity index is 427. The Morgan fingerprint density at radius 2 is 1.71 bits per heavy atom. The van der Waals surface area contributed by atoms with Gasteiger partial charge in [-0.3, -0.25) is 0 Å². The van der Waals surface area contributed by atoms with Crippen LogP contribution >= 0.6 is 0 Å². The molecule has 0 aliphatic heterocycles. The monoisotopic (exact) mass is 288 g/mol. The van der Waals surface area contributed by atoms with Crippen molar-refractivity contribution >= 4 is 0 Å². The largest absolute Gasteiger partial charge is 0.329 e. The van der Waals surface area contributed by atoms with Crippen molar-refractivity contribution in [1.82, 2.24) is 5.32 Å². The van der Waals surface area contributed by atoms with Gasteiger partial charge < -0.3 is 11.1 Å². The summed E-state index contributed by atoms with van der Waals surface area (Å²) in [6.07, 6.45) is 2.68. The van der Waals surface area contributed by atoms with Crippen molar-refractivity contribution in [1.29, 1.82) is 0 Å². The maximum absolute atomic E-state index is 6.07. The molecule has 2 rings (SSSR count). The van der Waals surface area contributed by atoms with E-state index in [4.69, 9.17) is 5.73 Å². The van der Waals surface area contributed by atoms with Crippen molar-refractivity contribution in [3.8, 4) is 0 Å². The van der Waals surface area contributed by atoms with Gasteiger partial charge in [-0.05, 0) is 54.2 Å². The highest BCUT2D eigenvalue weighted by atomic mass is 14.9. The predicted octanol–water partition coefficient (Wildman–Crippen LogP) is 4.08. The molecule has 1 aromatic rings. The lowest BCUT2D eigenvalue weighted by Crippen LogP contribution is -2.36. The maximum atomic E-state index is 6.07. The molecule has 1 aliphatic carbocycles. The second-order valence-electron chi connectivity index (χ2n) is 7.25. The lowest BCUT2D eigenvalue weighted by molar-refractivity contribution is 0.266. The van der Waals surface area contributed by atoms with Gasteiger partial charge in [0.25, 0.3) is 0 Å². The topological polar surface area (TPSA) is 38.0 Å². The van der Waals surface area contributed by atoms with Gasteiger partial charge >= 0.3 is 0 Å². The van der Waals surface area contributed by atoms with E-state index in [1.807, 2.05) is 0 Å². The van der Waals surface area contributed by atoms with Crippen molar-refractivity contribution in [2.75, 3.05) is 13.1 Å². The van der Waals surface area contributed by atoms with Crippen LogP contribution in [0.1, 0.15) is 63.6 Å². The quantitative estimate of drug-likeness (QED) is 0.756. The van der Waals surface area contributed by atoms with Crippen molar-refractivity contribution < 1.29 is 0 Å². The molecule has 0 amide bonds. The van der Waals surface area contributed by atoms with Crippen LogP contribution in [0.3, 0.4) is 0 Å². The molecule has 0 spiro atoms. The molecule has 1 fully saturated rings. The maximum Gasteiger partial charge on any atom is 0.0447 e. The molecule has 2 heteroatoms. The summed E-state index contributed by atoms with van der Waals surface area (Å²) in [5.74, 6) is 2.89. The molecule has 0 bridgehead atoms. The molecule has 1 saturated carbocycles. The van der Waals surface area contributed by atoms with Crippen LogP contribution in [0.15, 0.2) is 24.3 Å². The van der Waals surface area contributed by atoms with Gasteiger partial charge in [0.2, 0.25) is 0 Å². The van der Waals surface area contributed by atoms with Gasteiger partial charge in [-0.25, -0.2) is 0 Å². The Balaban J connectivity index is 2.06. The molecular formula is C19H32N2. The summed E-state index contributed by atoms with van der Waals surface area (Å²) in [7, 11) is 0. The molecule has 1 aromatic carbocycles. The first-order chi connectivity index (χ1) is 10.0. The number of hydrogen-bond acceptors (Lipinski definition) is 2. The predicted molar refractivity (Wildman–Crippen MR) is 91.4 cm³/mol. The van der Waals surface area contributed by atoms with E-state index in [9.17, 15) is 0 Å². The first-order valence-electron chi connectivity index (χ1n) is 8.56. The Labute approximate surface area is 130 Å². The summed E-state index contributed by atoms with van der Waals surface area (Å²) in [6.45, 7) is 11.0. The molecule has 0 radical (unpaired) electrons. The Morgan fingerprint density at radius 1 is 1.10 bits per heavy atom. The highest BCUT2D eigenvalue weighted by Gasteiger charge is 2.28. The van der Waals surface area contributed by atoms with E-state index in [0.29, 0.717) is 30.3 Å². The number of nitrogens with two attached hydrogens (primary N) is 1. The summed E-state index contributed by atoms with van der Waals surface area (Å²) < 4.78 is 0. The summed E-state index contributed by atoms with van der Waals surface area (Å²) in [5.41, 5.74) is 9.01. The first-order valence-corrected chi connectivity index (χ1v) is 8.56. The van der Waals surface area contributed by atoms with E-state index in [1.165, 1.54) is 24.0 Å². The van der Waals surface area contributed by atoms with E-state index in [0.717, 1.165) is 12.5 Å². The van der Waals surface area contributed by atoms with Gasteiger partial charge in [0, 0.05) is 12.6 Å². The van der Waals surface area contributed by atoms with Crippen LogP contribution in [0.5, 0.6) is 0 Å². The highest BCUT2D eigenvalue weighted by molar-refractivity contribution is 5.35. The Morgan fingerprint density at radius 3 is 2.24 bits per heavy atom. The minimum atomic E-state index is 0.293. The van der Waals surface area contributed by atoms with Crippen molar-refractivity contribution in [3.05, 3.63) is 35.4 Å². The molecule has 1 unspecified atom stereocenters. The molecule has 0 heterocycles. The lowest BCUT2D eigenvalue weighted by atomic mass is 9.85. The molecule has 2 nitrogen and oxygen atoms in total. The molecule has 21 heavy (non-hydrogen) atoms. The smallest absolute Gasteiger partial charge is 0.0447 e. The van der Waals surface area contributed by atoms with Crippen LogP contribution in [0, 0.1) is 17.8 Å². The summed E-state index contributed by atoms with van der Waals surface area (Å²) in [5, 5.41) is 3.75. The Kier molecular flexibility index (Phi) is 5.83.